The van der Waals surface area contributed by atoms with Crippen molar-refractivity contribution in [3.05, 3.63) is 0 Å². The van der Waals surface area contributed by atoms with E-state index in [9.17, 15) is 4.79 Å². The Kier molecular flexibility index (Phi) is 11.0. The highest BCUT2D eigenvalue weighted by Crippen LogP contribution is 2.38. The molecule has 0 heterocycles. The van der Waals surface area contributed by atoms with Gasteiger partial charge in [-0.15, -0.1) is 0 Å². The Morgan fingerprint density at radius 3 is 1.61 bits per heavy atom. The zero-order chi connectivity index (χ0) is 13.7. The fourth-order valence-electron chi connectivity index (χ4n) is 2.44. The quantitative estimate of drug-likeness (QED) is 0.338. The highest BCUT2D eigenvalue weighted by molar-refractivity contribution is 5.36. The molecule has 0 saturated heterocycles. The van der Waals surface area contributed by atoms with E-state index in [1.54, 1.807) is 0 Å². The molecular weight excluding hydrogens is 236 g/mol. The van der Waals surface area contributed by atoms with Crippen molar-refractivity contribution in [2.24, 2.45) is 5.41 Å². The maximum absolute atomic E-state index is 10.2. The molecule has 0 aromatic heterocycles. The van der Waals surface area contributed by atoms with Gasteiger partial charge >= 0.3 is 0 Å². The summed E-state index contributed by atoms with van der Waals surface area (Å²) in [4.78, 5) is 10.2. The van der Waals surface area contributed by atoms with Gasteiger partial charge in [0.2, 0.25) is 0 Å². The normalized spacial score (nSPS) is 11.5. The second-order valence-electron chi connectivity index (χ2n) is 4.70. The first-order valence-electron chi connectivity index (χ1n) is 6.62. The molecule has 0 aromatic rings. The van der Waals surface area contributed by atoms with Crippen LogP contribution in [0.3, 0.4) is 0 Å². The monoisotopic (exact) mass is 262 g/mol. The minimum atomic E-state index is -0.0583. The molecule has 5 heteroatoms. The molecule has 0 unspecified atom stereocenters. The van der Waals surface area contributed by atoms with Gasteiger partial charge in [-0.1, -0.05) is 0 Å². The van der Waals surface area contributed by atoms with E-state index in [0.717, 1.165) is 19.3 Å². The minimum absolute atomic E-state index is 0.0583. The minimum Gasteiger partial charge on any atom is -0.468 e. The summed E-state index contributed by atoms with van der Waals surface area (Å²) in [6.07, 6.45) is 5.27. The molecule has 0 aliphatic rings. The number of aliphatic hydroxyl groups excluding tert-OH is 3. The number of hydrogen-bond acceptors (Lipinski definition) is 5. The largest absolute Gasteiger partial charge is 0.468 e. The second kappa shape index (κ2) is 11.4. The van der Waals surface area contributed by atoms with Gasteiger partial charge in [-0.2, -0.15) is 0 Å². The van der Waals surface area contributed by atoms with Crippen molar-refractivity contribution in [3.63, 3.8) is 0 Å². The van der Waals surface area contributed by atoms with Gasteiger partial charge in [-0.05, 0) is 50.4 Å². The lowest BCUT2D eigenvalue weighted by molar-refractivity contribution is -0.129. The second-order valence-corrected chi connectivity index (χ2v) is 4.70. The zero-order valence-corrected chi connectivity index (χ0v) is 11.0. The molecule has 0 aromatic carbocycles. The van der Waals surface area contributed by atoms with E-state index in [4.69, 9.17) is 20.1 Å². The van der Waals surface area contributed by atoms with Crippen molar-refractivity contribution < 1.29 is 24.9 Å². The topological polar surface area (TPSA) is 87.0 Å². The van der Waals surface area contributed by atoms with Crippen LogP contribution in [0.1, 0.15) is 44.9 Å². The first-order chi connectivity index (χ1) is 8.74. The Bertz CT molecular complexity index is 174. The molecule has 0 radical (unpaired) electrons. The fraction of sp³-hybridized carbons (Fsp3) is 0.923. The molecule has 0 saturated carbocycles. The highest BCUT2D eigenvalue weighted by Gasteiger charge is 2.28. The molecule has 0 bridgehead atoms. The summed E-state index contributed by atoms with van der Waals surface area (Å²) in [6.45, 7) is 1.19. The van der Waals surface area contributed by atoms with Gasteiger partial charge in [0.05, 0.1) is 6.61 Å². The lowest BCUT2D eigenvalue weighted by Gasteiger charge is -2.33. The third-order valence-electron chi connectivity index (χ3n) is 3.41. The van der Waals surface area contributed by atoms with E-state index < -0.39 is 0 Å². The molecule has 18 heavy (non-hydrogen) atoms. The Balaban J connectivity index is 4.45. The van der Waals surface area contributed by atoms with Gasteiger partial charge in [-0.3, -0.25) is 4.79 Å². The summed E-state index contributed by atoms with van der Waals surface area (Å²) in [5, 5.41) is 26.9. The fourth-order valence-corrected chi connectivity index (χ4v) is 2.44. The first kappa shape index (κ1) is 17.4. The van der Waals surface area contributed by atoms with Crippen molar-refractivity contribution in [3.8, 4) is 0 Å². The Morgan fingerprint density at radius 2 is 1.28 bits per heavy atom. The lowest BCUT2D eigenvalue weighted by Crippen LogP contribution is -2.25. The predicted molar refractivity (Wildman–Crippen MR) is 68.0 cm³/mol. The molecule has 0 aliphatic carbocycles. The summed E-state index contributed by atoms with van der Waals surface area (Å²) in [5.74, 6) is 0. The summed E-state index contributed by atoms with van der Waals surface area (Å²) in [5.41, 5.74) is -0.0583. The van der Waals surface area contributed by atoms with Crippen molar-refractivity contribution in [1.29, 1.82) is 0 Å². The van der Waals surface area contributed by atoms with Gasteiger partial charge in [0, 0.05) is 19.8 Å². The van der Waals surface area contributed by atoms with Crippen LogP contribution in [-0.4, -0.2) is 48.2 Å². The van der Waals surface area contributed by atoms with Crippen molar-refractivity contribution in [1.82, 2.24) is 0 Å². The third kappa shape index (κ3) is 7.63. The van der Waals surface area contributed by atoms with E-state index in [2.05, 4.69) is 0 Å². The predicted octanol–water partition coefficient (Wildman–Crippen LogP) is 0.853. The number of carbonyl (C=O) groups is 1. The van der Waals surface area contributed by atoms with Gasteiger partial charge in [0.1, 0.15) is 0 Å². The molecular formula is C13H26O5. The Morgan fingerprint density at radius 1 is 0.833 bits per heavy atom. The average molecular weight is 262 g/mol. The smallest absolute Gasteiger partial charge is 0.293 e. The summed E-state index contributed by atoms with van der Waals surface area (Å²) >= 11 is 0. The molecule has 0 amide bonds. The first-order valence-corrected chi connectivity index (χ1v) is 6.62. The van der Waals surface area contributed by atoms with Crippen LogP contribution in [0.15, 0.2) is 0 Å². The summed E-state index contributed by atoms with van der Waals surface area (Å²) in [6, 6.07) is 0. The molecule has 3 N–H and O–H groups in total. The Hall–Kier alpha value is -0.650. The molecule has 0 spiro atoms. The maximum Gasteiger partial charge on any atom is 0.293 e. The van der Waals surface area contributed by atoms with Crippen LogP contribution in [-0.2, 0) is 9.53 Å². The van der Waals surface area contributed by atoms with Gasteiger partial charge < -0.3 is 20.1 Å². The van der Waals surface area contributed by atoms with Crippen molar-refractivity contribution in [2.75, 3.05) is 26.4 Å². The van der Waals surface area contributed by atoms with Crippen LogP contribution < -0.4 is 0 Å². The summed E-state index contributed by atoms with van der Waals surface area (Å²) < 4.78 is 4.76. The number of hydrogen-bond donors (Lipinski definition) is 3. The van der Waals surface area contributed by atoms with Crippen LogP contribution in [0.25, 0.3) is 0 Å². The maximum atomic E-state index is 10.2. The van der Waals surface area contributed by atoms with E-state index in [1.165, 1.54) is 0 Å². The van der Waals surface area contributed by atoms with Gasteiger partial charge in [0.15, 0.2) is 0 Å². The van der Waals surface area contributed by atoms with Crippen LogP contribution in [0, 0.1) is 5.41 Å². The van der Waals surface area contributed by atoms with E-state index in [0.29, 0.717) is 38.8 Å². The summed E-state index contributed by atoms with van der Waals surface area (Å²) in [7, 11) is 0. The van der Waals surface area contributed by atoms with E-state index in [-0.39, 0.29) is 25.2 Å². The van der Waals surface area contributed by atoms with Crippen LogP contribution in [0.5, 0.6) is 0 Å². The molecule has 0 atom stereocenters. The molecule has 108 valence electrons. The lowest BCUT2D eigenvalue weighted by atomic mass is 9.73. The van der Waals surface area contributed by atoms with Crippen molar-refractivity contribution >= 4 is 6.47 Å². The van der Waals surface area contributed by atoms with Crippen LogP contribution >= 0.6 is 0 Å². The highest BCUT2D eigenvalue weighted by atomic mass is 16.5. The number of ether oxygens (including phenoxy) is 1. The number of rotatable bonds is 13. The van der Waals surface area contributed by atoms with Gasteiger partial charge in [-0.25, -0.2) is 0 Å². The SMILES string of the molecule is O=COCCC(CCCO)(CCCO)CCCO. The Labute approximate surface area is 109 Å². The van der Waals surface area contributed by atoms with Crippen LogP contribution in [0.2, 0.25) is 0 Å². The molecule has 0 aliphatic heterocycles. The third-order valence-corrected chi connectivity index (χ3v) is 3.41. The number of carbonyl (C=O) groups excluding carboxylic acids is 1. The van der Waals surface area contributed by atoms with Gasteiger partial charge in [0.25, 0.3) is 6.47 Å². The molecule has 0 rings (SSSR count). The van der Waals surface area contributed by atoms with Crippen molar-refractivity contribution in [2.45, 2.75) is 44.9 Å². The molecule has 5 nitrogen and oxygen atoms in total. The molecule has 0 fully saturated rings. The zero-order valence-electron chi connectivity index (χ0n) is 11.0. The number of aliphatic hydroxyl groups is 3. The average Bonchev–Trinajstić information content (AvgIpc) is 2.40. The van der Waals surface area contributed by atoms with E-state index >= 15 is 0 Å². The van der Waals surface area contributed by atoms with Crippen LogP contribution in [0.4, 0.5) is 0 Å². The standard InChI is InChI=1S/C13H26O5/c14-8-1-4-13(5-2-9-15,6-3-10-16)7-11-18-12-17/h12,14-16H,1-11H2. The van der Waals surface area contributed by atoms with E-state index in [1.807, 2.05) is 0 Å².